The van der Waals surface area contributed by atoms with Crippen molar-refractivity contribution in [3.05, 3.63) is 64.7 Å². The molecule has 1 aliphatic heterocycles. The molecule has 8 nitrogen and oxygen atoms in total. The summed E-state index contributed by atoms with van der Waals surface area (Å²) in [6.07, 6.45) is 5.26. The summed E-state index contributed by atoms with van der Waals surface area (Å²) in [7, 11) is 2.97. The number of hydrogen-bond acceptors (Lipinski definition) is 7. The zero-order valence-electron chi connectivity index (χ0n) is 24.0. The van der Waals surface area contributed by atoms with Crippen molar-refractivity contribution in [3.8, 4) is 17.2 Å². The van der Waals surface area contributed by atoms with E-state index in [9.17, 15) is 14.7 Å². The lowest BCUT2D eigenvalue weighted by Gasteiger charge is -2.36. The fourth-order valence-electron chi connectivity index (χ4n) is 4.30. The second-order valence-corrected chi connectivity index (χ2v) is 10.7. The van der Waals surface area contributed by atoms with Crippen LogP contribution in [0.5, 0.6) is 17.2 Å². The van der Waals surface area contributed by atoms with E-state index in [0.717, 1.165) is 16.8 Å². The van der Waals surface area contributed by atoms with Crippen molar-refractivity contribution in [3.63, 3.8) is 0 Å². The maximum Gasteiger partial charge on any atom is 0.410 e. The van der Waals surface area contributed by atoms with E-state index in [0.29, 0.717) is 43.9 Å². The Hall–Kier alpha value is -3.94. The topological polar surface area (TPSA) is 88.5 Å². The molecular formula is C31H40N2O6. The Labute approximate surface area is 231 Å². The van der Waals surface area contributed by atoms with E-state index in [1.54, 1.807) is 17.0 Å². The lowest BCUT2D eigenvalue weighted by Crippen LogP contribution is -2.50. The molecule has 0 aliphatic carbocycles. The summed E-state index contributed by atoms with van der Waals surface area (Å²) in [5.41, 5.74) is 3.04. The smallest absolute Gasteiger partial charge is 0.410 e. The molecule has 1 saturated heterocycles. The normalized spacial score (nSPS) is 13.8. The molecule has 2 aromatic carbocycles. The summed E-state index contributed by atoms with van der Waals surface area (Å²) in [6.45, 7) is 12.0. The van der Waals surface area contributed by atoms with Crippen molar-refractivity contribution in [2.24, 2.45) is 0 Å². The fourth-order valence-corrected chi connectivity index (χ4v) is 4.30. The molecule has 0 spiro atoms. The van der Waals surface area contributed by atoms with E-state index < -0.39 is 5.60 Å². The molecule has 1 aliphatic rings. The average molecular weight is 537 g/mol. The number of allylic oxidation sites excluding steroid dienone is 3. The summed E-state index contributed by atoms with van der Waals surface area (Å²) in [5.74, 6) is 0.190. The first-order valence-electron chi connectivity index (χ1n) is 13.1. The summed E-state index contributed by atoms with van der Waals surface area (Å²) in [6, 6.07) is 9.49. The number of anilines is 1. The van der Waals surface area contributed by atoms with Crippen molar-refractivity contribution in [1.82, 2.24) is 4.90 Å². The number of ketones is 1. The van der Waals surface area contributed by atoms with Gasteiger partial charge in [0.1, 0.15) is 28.4 Å². The summed E-state index contributed by atoms with van der Waals surface area (Å²) >= 11 is 0. The van der Waals surface area contributed by atoms with E-state index in [4.69, 9.17) is 14.2 Å². The van der Waals surface area contributed by atoms with Crippen LogP contribution in [-0.4, -0.2) is 67.9 Å². The number of carbonyl (C=O) groups is 2. The van der Waals surface area contributed by atoms with Crippen LogP contribution >= 0.6 is 0 Å². The molecule has 1 heterocycles. The lowest BCUT2D eigenvalue weighted by molar-refractivity contribution is 0.0240. The van der Waals surface area contributed by atoms with Crippen molar-refractivity contribution in [2.75, 3.05) is 45.3 Å². The van der Waals surface area contributed by atoms with Gasteiger partial charge < -0.3 is 29.1 Å². The minimum atomic E-state index is -0.522. The molecule has 0 unspecified atom stereocenters. The first-order valence-corrected chi connectivity index (χ1v) is 13.1. The number of phenolic OH excluding ortho intramolecular Hbond substituents is 1. The third-order valence-electron chi connectivity index (χ3n) is 6.32. The maximum atomic E-state index is 13.3. The Morgan fingerprint density at radius 2 is 1.67 bits per heavy atom. The number of methoxy groups -OCH3 is 2. The van der Waals surface area contributed by atoms with Gasteiger partial charge in [-0.1, -0.05) is 29.9 Å². The van der Waals surface area contributed by atoms with Gasteiger partial charge in [0.05, 0.1) is 14.2 Å². The average Bonchev–Trinajstić information content (AvgIpc) is 2.89. The van der Waals surface area contributed by atoms with Gasteiger partial charge in [-0.15, -0.1) is 0 Å². The third kappa shape index (κ3) is 7.78. The highest BCUT2D eigenvalue weighted by molar-refractivity contribution is 6.11. The molecule has 210 valence electrons. The number of hydrogen-bond donors (Lipinski definition) is 1. The number of benzene rings is 2. The van der Waals surface area contributed by atoms with Crippen LogP contribution in [0.4, 0.5) is 10.5 Å². The molecule has 0 radical (unpaired) electrons. The zero-order chi connectivity index (χ0) is 28.7. The number of nitrogens with zero attached hydrogens (tertiary/aromatic N) is 2. The standard InChI is InChI=1S/C31H40N2O6/c1-21(2)11-13-24-26(37-6)20-27(38-7)28(29(24)35)25(34)14-12-22-9-8-10-23(19-22)32-15-17-33(18-16-32)30(36)39-31(3,4)5/h8-12,14,19-20,35H,13,15-18H2,1-7H3/b14-12+. The minimum Gasteiger partial charge on any atom is -0.507 e. The largest absolute Gasteiger partial charge is 0.507 e. The van der Waals surface area contributed by atoms with Crippen LogP contribution in [0.25, 0.3) is 6.08 Å². The number of ether oxygens (including phenoxy) is 3. The van der Waals surface area contributed by atoms with Gasteiger partial charge in [-0.3, -0.25) is 4.79 Å². The first-order chi connectivity index (χ1) is 18.4. The van der Waals surface area contributed by atoms with Crippen LogP contribution in [0, 0.1) is 0 Å². The number of aromatic hydroxyl groups is 1. The number of phenols is 1. The molecule has 3 rings (SSSR count). The van der Waals surface area contributed by atoms with Gasteiger partial charge in [-0.25, -0.2) is 4.79 Å². The fraction of sp³-hybridized carbons (Fsp3) is 0.419. The van der Waals surface area contributed by atoms with Crippen molar-refractivity contribution >= 4 is 23.6 Å². The van der Waals surface area contributed by atoms with E-state index >= 15 is 0 Å². The van der Waals surface area contributed by atoms with E-state index in [2.05, 4.69) is 4.90 Å². The van der Waals surface area contributed by atoms with Crippen LogP contribution in [0.1, 0.15) is 56.1 Å². The van der Waals surface area contributed by atoms with Crippen LogP contribution in [0.3, 0.4) is 0 Å². The van der Waals surface area contributed by atoms with E-state index in [-0.39, 0.29) is 28.9 Å². The zero-order valence-corrected chi connectivity index (χ0v) is 24.0. The Morgan fingerprint density at radius 1 is 1.00 bits per heavy atom. The molecular weight excluding hydrogens is 496 g/mol. The third-order valence-corrected chi connectivity index (χ3v) is 6.32. The minimum absolute atomic E-state index is 0.0983. The number of carbonyl (C=O) groups excluding carboxylic acids is 2. The highest BCUT2D eigenvalue weighted by atomic mass is 16.6. The van der Waals surface area contributed by atoms with Gasteiger partial charge in [-0.05, 0) is 64.8 Å². The van der Waals surface area contributed by atoms with E-state index in [1.165, 1.54) is 20.3 Å². The molecule has 39 heavy (non-hydrogen) atoms. The predicted molar refractivity (Wildman–Crippen MR) is 154 cm³/mol. The maximum absolute atomic E-state index is 13.3. The molecule has 0 aromatic heterocycles. The first kappa shape index (κ1) is 29.6. The van der Waals surface area contributed by atoms with E-state index in [1.807, 2.05) is 65.0 Å². The number of amides is 1. The quantitative estimate of drug-likeness (QED) is 0.256. The predicted octanol–water partition coefficient (Wildman–Crippen LogP) is 5.87. The van der Waals surface area contributed by atoms with Gasteiger partial charge in [0.2, 0.25) is 0 Å². The second kappa shape index (κ2) is 12.7. The monoisotopic (exact) mass is 536 g/mol. The van der Waals surface area contributed by atoms with Crippen LogP contribution in [0.2, 0.25) is 0 Å². The Morgan fingerprint density at radius 3 is 2.26 bits per heavy atom. The van der Waals surface area contributed by atoms with Gasteiger partial charge in [0.25, 0.3) is 0 Å². The number of rotatable bonds is 8. The van der Waals surface area contributed by atoms with Crippen molar-refractivity contribution in [1.29, 1.82) is 0 Å². The highest BCUT2D eigenvalue weighted by Gasteiger charge is 2.26. The number of piperazine rings is 1. The molecule has 1 N–H and O–H groups in total. The van der Waals surface area contributed by atoms with Crippen molar-refractivity contribution in [2.45, 2.75) is 46.6 Å². The molecule has 8 heteroatoms. The van der Waals surface area contributed by atoms with Gasteiger partial charge >= 0.3 is 6.09 Å². The molecule has 2 aromatic rings. The van der Waals surface area contributed by atoms with Gasteiger partial charge in [0, 0.05) is 43.5 Å². The Kier molecular flexibility index (Phi) is 9.67. The summed E-state index contributed by atoms with van der Waals surface area (Å²) in [4.78, 5) is 29.6. The van der Waals surface area contributed by atoms with Gasteiger partial charge in [-0.2, -0.15) is 0 Å². The second-order valence-electron chi connectivity index (χ2n) is 10.7. The summed E-state index contributed by atoms with van der Waals surface area (Å²) in [5, 5.41) is 11.0. The van der Waals surface area contributed by atoms with Crippen molar-refractivity contribution < 1.29 is 28.9 Å². The molecule has 0 atom stereocenters. The van der Waals surface area contributed by atoms with Gasteiger partial charge in [0.15, 0.2) is 5.78 Å². The lowest BCUT2D eigenvalue weighted by atomic mass is 9.99. The Bertz CT molecular complexity index is 1250. The molecule has 1 fully saturated rings. The molecule has 0 saturated carbocycles. The Balaban J connectivity index is 1.77. The molecule has 0 bridgehead atoms. The SMILES string of the molecule is COc1cc(OC)c(C(=O)/C=C/c2cccc(N3CCN(C(=O)OC(C)(C)C)CC3)c2)c(O)c1CC=C(C)C. The molecule has 1 amide bonds. The highest BCUT2D eigenvalue weighted by Crippen LogP contribution is 2.39. The van der Waals surface area contributed by atoms with Crippen LogP contribution < -0.4 is 14.4 Å². The van der Waals surface area contributed by atoms with Crippen LogP contribution in [-0.2, 0) is 11.2 Å². The summed E-state index contributed by atoms with van der Waals surface area (Å²) < 4.78 is 16.4. The van der Waals surface area contributed by atoms with Crippen LogP contribution in [0.15, 0.2) is 48.1 Å².